The van der Waals surface area contributed by atoms with Gasteiger partial charge >= 0.3 is 18.0 Å². The van der Waals surface area contributed by atoms with Gasteiger partial charge in [-0.1, -0.05) is 11.2 Å². The highest BCUT2D eigenvalue weighted by atomic mass is 19.4. The van der Waals surface area contributed by atoms with Crippen LogP contribution in [0, 0.1) is 0 Å². The van der Waals surface area contributed by atoms with Crippen LogP contribution in [0.3, 0.4) is 0 Å². The van der Waals surface area contributed by atoms with E-state index in [9.17, 15) is 22.8 Å². The number of nitrogens with one attached hydrogen (secondary N) is 1. The second-order valence-electron chi connectivity index (χ2n) is 4.18. The molecule has 10 heteroatoms. The topological polar surface area (TPSA) is 111 Å². The first kappa shape index (κ1) is 15.5. The van der Waals surface area contributed by atoms with Gasteiger partial charge in [-0.05, 0) is 18.2 Å². The molecule has 2 amide bonds. The third kappa shape index (κ3) is 3.81. The lowest BCUT2D eigenvalue weighted by Gasteiger charge is -2.09. The van der Waals surface area contributed by atoms with E-state index in [0.717, 1.165) is 18.2 Å². The predicted octanol–water partition coefficient (Wildman–Crippen LogP) is 1.37. The highest BCUT2D eigenvalue weighted by Gasteiger charge is 2.30. The fraction of sp³-hybridized carbons (Fsp3) is 0.167. The van der Waals surface area contributed by atoms with Gasteiger partial charge in [0.1, 0.15) is 0 Å². The molecule has 0 spiro atoms. The van der Waals surface area contributed by atoms with Crippen LogP contribution in [0.1, 0.15) is 22.1 Å². The molecule has 0 aliphatic carbocycles. The largest absolute Gasteiger partial charge is 0.416 e. The summed E-state index contributed by atoms with van der Waals surface area (Å²) in [5, 5.41) is 5.61. The Morgan fingerprint density at radius 1 is 1.32 bits per heavy atom. The van der Waals surface area contributed by atoms with Crippen molar-refractivity contribution in [2.24, 2.45) is 5.73 Å². The number of carbonyl (C=O) groups is 2. The van der Waals surface area contributed by atoms with Gasteiger partial charge < -0.3 is 15.6 Å². The van der Waals surface area contributed by atoms with Crippen molar-refractivity contribution in [3.63, 3.8) is 0 Å². The van der Waals surface area contributed by atoms with Gasteiger partial charge in [0.05, 0.1) is 12.0 Å². The van der Waals surface area contributed by atoms with Gasteiger partial charge in [0.15, 0.2) is 5.82 Å². The molecular weight excluding hydrogens is 305 g/mol. The van der Waals surface area contributed by atoms with Gasteiger partial charge in [0.25, 0.3) is 0 Å². The minimum absolute atomic E-state index is 0.0292. The second-order valence-corrected chi connectivity index (χ2v) is 4.18. The summed E-state index contributed by atoms with van der Waals surface area (Å²) in [4.78, 5) is 26.0. The Morgan fingerprint density at radius 2 is 2.05 bits per heavy atom. The van der Waals surface area contributed by atoms with Gasteiger partial charge in [-0.3, -0.25) is 9.59 Å². The molecule has 2 aromatic rings. The van der Waals surface area contributed by atoms with E-state index in [2.05, 4.69) is 20.0 Å². The summed E-state index contributed by atoms with van der Waals surface area (Å²) in [5.74, 6) is -2.19. The predicted molar refractivity (Wildman–Crippen MR) is 66.6 cm³/mol. The molecule has 116 valence electrons. The number of aromatic nitrogens is 2. The smallest absolute Gasteiger partial charge is 0.361 e. The molecule has 0 saturated heterocycles. The third-order valence-corrected chi connectivity index (χ3v) is 2.47. The molecule has 0 saturated carbocycles. The SMILES string of the molecule is NC(=O)c1nc(CC(=O)Nc2cccc(C(F)(F)F)c2)no1. The van der Waals surface area contributed by atoms with E-state index >= 15 is 0 Å². The van der Waals surface area contributed by atoms with E-state index in [4.69, 9.17) is 5.73 Å². The van der Waals surface area contributed by atoms with Crippen LogP contribution in [0.15, 0.2) is 28.8 Å². The molecule has 0 fully saturated rings. The Bertz CT molecular complexity index is 712. The molecule has 22 heavy (non-hydrogen) atoms. The van der Waals surface area contributed by atoms with Gasteiger partial charge in [-0.2, -0.15) is 18.2 Å². The number of hydrogen-bond donors (Lipinski definition) is 2. The molecule has 0 radical (unpaired) electrons. The first-order valence-corrected chi connectivity index (χ1v) is 5.85. The maximum Gasteiger partial charge on any atom is 0.416 e. The van der Waals surface area contributed by atoms with Crippen LogP contribution in [0.2, 0.25) is 0 Å². The number of anilines is 1. The zero-order chi connectivity index (χ0) is 16.3. The molecule has 2 rings (SSSR count). The van der Waals surface area contributed by atoms with E-state index in [1.807, 2.05) is 0 Å². The maximum absolute atomic E-state index is 12.5. The average Bonchev–Trinajstić information content (AvgIpc) is 2.86. The Labute approximate surface area is 121 Å². The molecule has 0 bridgehead atoms. The molecule has 0 unspecified atom stereocenters. The monoisotopic (exact) mass is 314 g/mol. The van der Waals surface area contributed by atoms with Gasteiger partial charge in [-0.25, -0.2) is 0 Å². The molecule has 7 nitrogen and oxygen atoms in total. The number of rotatable bonds is 4. The van der Waals surface area contributed by atoms with Crippen molar-refractivity contribution in [2.45, 2.75) is 12.6 Å². The summed E-state index contributed by atoms with van der Waals surface area (Å²) >= 11 is 0. The van der Waals surface area contributed by atoms with Crippen LogP contribution >= 0.6 is 0 Å². The summed E-state index contributed by atoms with van der Waals surface area (Å²) in [6.45, 7) is 0. The van der Waals surface area contributed by atoms with Crippen LogP contribution in [-0.4, -0.2) is 22.0 Å². The molecule has 0 aliphatic heterocycles. The van der Waals surface area contributed by atoms with Gasteiger partial charge in [0, 0.05) is 5.69 Å². The normalized spacial score (nSPS) is 11.2. The summed E-state index contributed by atoms with van der Waals surface area (Å²) in [6.07, 6.45) is -4.89. The fourth-order valence-corrected chi connectivity index (χ4v) is 1.55. The van der Waals surface area contributed by atoms with Crippen LogP contribution in [0.4, 0.5) is 18.9 Å². The van der Waals surface area contributed by atoms with Crippen LogP contribution < -0.4 is 11.1 Å². The number of carbonyl (C=O) groups excluding carboxylic acids is 2. The molecule has 1 heterocycles. The molecule has 3 N–H and O–H groups in total. The molecule has 0 aliphatic rings. The average molecular weight is 314 g/mol. The minimum Gasteiger partial charge on any atom is -0.361 e. The number of benzene rings is 1. The minimum atomic E-state index is -4.51. The zero-order valence-corrected chi connectivity index (χ0v) is 10.8. The van der Waals surface area contributed by atoms with Crippen molar-refractivity contribution in [3.8, 4) is 0 Å². The van der Waals surface area contributed by atoms with Crippen LogP contribution in [-0.2, 0) is 17.4 Å². The lowest BCUT2D eigenvalue weighted by Crippen LogP contribution is -2.16. The standard InChI is InChI=1S/C12H9F3N4O3/c13-12(14,15)6-2-1-3-7(4-6)17-9(20)5-8-18-11(10(16)21)22-19-8/h1-4H,5H2,(H2,16,21)(H,17,20). The quantitative estimate of drug-likeness (QED) is 0.885. The van der Waals surface area contributed by atoms with Crippen LogP contribution in [0.25, 0.3) is 0 Å². The third-order valence-electron chi connectivity index (χ3n) is 2.47. The highest BCUT2D eigenvalue weighted by Crippen LogP contribution is 2.30. The van der Waals surface area contributed by atoms with Crippen molar-refractivity contribution in [3.05, 3.63) is 41.5 Å². The number of primary amides is 1. The molecule has 0 atom stereocenters. The van der Waals surface area contributed by atoms with Gasteiger partial charge in [-0.15, -0.1) is 0 Å². The Balaban J connectivity index is 2.04. The maximum atomic E-state index is 12.5. The molecule has 1 aromatic heterocycles. The fourth-order valence-electron chi connectivity index (χ4n) is 1.55. The number of hydrogen-bond acceptors (Lipinski definition) is 5. The van der Waals surface area contributed by atoms with Crippen molar-refractivity contribution < 1.29 is 27.3 Å². The number of nitrogens with zero attached hydrogens (tertiary/aromatic N) is 2. The first-order chi connectivity index (χ1) is 10.3. The number of nitrogens with two attached hydrogens (primary N) is 1. The number of alkyl halides is 3. The molecule has 1 aromatic carbocycles. The number of amides is 2. The van der Waals surface area contributed by atoms with E-state index < -0.39 is 29.4 Å². The lowest BCUT2D eigenvalue weighted by atomic mass is 10.2. The van der Waals surface area contributed by atoms with Crippen molar-refractivity contribution >= 4 is 17.5 Å². The summed E-state index contributed by atoms with van der Waals surface area (Å²) in [5.41, 5.74) is 3.98. The highest BCUT2D eigenvalue weighted by molar-refractivity contribution is 5.92. The lowest BCUT2D eigenvalue weighted by molar-refractivity contribution is -0.137. The zero-order valence-electron chi connectivity index (χ0n) is 10.8. The van der Waals surface area contributed by atoms with E-state index in [1.165, 1.54) is 6.07 Å². The van der Waals surface area contributed by atoms with Crippen molar-refractivity contribution in [1.29, 1.82) is 0 Å². The second kappa shape index (κ2) is 5.84. The first-order valence-electron chi connectivity index (χ1n) is 5.85. The van der Waals surface area contributed by atoms with Crippen LogP contribution in [0.5, 0.6) is 0 Å². The van der Waals surface area contributed by atoms with Crippen molar-refractivity contribution in [2.75, 3.05) is 5.32 Å². The van der Waals surface area contributed by atoms with E-state index in [-0.39, 0.29) is 17.9 Å². The van der Waals surface area contributed by atoms with Crippen molar-refractivity contribution in [1.82, 2.24) is 10.1 Å². The summed E-state index contributed by atoms with van der Waals surface area (Å²) < 4.78 is 42.1. The summed E-state index contributed by atoms with van der Waals surface area (Å²) in [7, 11) is 0. The van der Waals surface area contributed by atoms with E-state index in [0.29, 0.717) is 0 Å². The van der Waals surface area contributed by atoms with E-state index in [1.54, 1.807) is 0 Å². The summed E-state index contributed by atoms with van der Waals surface area (Å²) in [6, 6.07) is 4.15. The number of halogens is 3. The van der Waals surface area contributed by atoms with Gasteiger partial charge in [0.2, 0.25) is 5.91 Å². The Hall–Kier alpha value is -2.91. The Kier molecular flexibility index (Phi) is 4.11. The molecular formula is C12H9F3N4O3. The Morgan fingerprint density at radius 3 is 2.64 bits per heavy atom.